The maximum atomic E-state index is 13.1. The van der Waals surface area contributed by atoms with Gasteiger partial charge in [-0.1, -0.05) is 18.2 Å². The lowest BCUT2D eigenvalue weighted by atomic mass is 10.0. The molecule has 1 saturated heterocycles. The van der Waals surface area contributed by atoms with Gasteiger partial charge in [0.05, 0.1) is 21.9 Å². The number of carbonyl (C=O) groups is 1. The van der Waals surface area contributed by atoms with Gasteiger partial charge in [0.15, 0.2) is 0 Å². The van der Waals surface area contributed by atoms with E-state index in [1.165, 1.54) is 17.1 Å². The summed E-state index contributed by atoms with van der Waals surface area (Å²) in [6, 6.07) is 14.0. The number of carbonyl (C=O) groups excluding carboxylic acids is 1. The Morgan fingerprint density at radius 3 is 2.43 bits per heavy atom. The van der Waals surface area contributed by atoms with E-state index >= 15 is 0 Å². The molecule has 0 aromatic heterocycles. The number of nitrogens with zero attached hydrogens (tertiary/aromatic N) is 5. The molecule has 2 aromatic rings. The molecule has 0 bridgehead atoms. The maximum absolute atomic E-state index is 13.1. The first-order valence-electron chi connectivity index (χ1n) is 9.83. The molecule has 154 valence electrons. The van der Waals surface area contributed by atoms with Gasteiger partial charge in [-0.15, -0.1) is 0 Å². The zero-order valence-corrected chi connectivity index (χ0v) is 17.0. The maximum Gasteiger partial charge on any atom is 0.280 e. The number of hydrogen-bond acceptors (Lipinski definition) is 6. The van der Waals surface area contributed by atoms with E-state index in [9.17, 15) is 14.9 Å². The molecular weight excluding hydrogens is 382 g/mol. The van der Waals surface area contributed by atoms with E-state index in [2.05, 4.69) is 21.9 Å². The van der Waals surface area contributed by atoms with Crippen molar-refractivity contribution in [2.24, 2.45) is 5.10 Å². The lowest BCUT2D eigenvalue weighted by Crippen LogP contribution is -2.44. The van der Waals surface area contributed by atoms with Crippen molar-refractivity contribution >= 4 is 34.8 Å². The van der Waals surface area contributed by atoms with Crippen molar-refractivity contribution in [1.29, 1.82) is 0 Å². The summed E-state index contributed by atoms with van der Waals surface area (Å²) < 4.78 is 0. The summed E-state index contributed by atoms with van der Waals surface area (Å²) in [7, 11) is 2.07. The molecule has 8 heteroatoms. The van der Waals surface area contributed by atoms with Crippen LogP contribution in [-0.2, 0) is 4.79 Å². The highest BCUT2D eigenvalue weighted by Crippen LogP contribution is 2.31. The zero-order valence-electron chi connectivity index (χ0n) is 17.0. The first-order chi connectivity index (χ1) is 14.4. The molecule has 4 rings (SSSR count). The first-order valence-corrected chi connectivity index (χ1v) is 9.83. The van der Waals surface area contributed by atoms with Crippen LogP contribution in [0.3, 0.4) is 0 Å². The van der Waals surface area contributed by atoms with Gasteiger partial charge in [0.2, 0.25) is 0 Å². The fourth-order valence-electron chi connectivity index (χ4n) is 3.69. The van der Waals surface area contributed by atoms with E-state index in [-0.39, 0.29) is 11.6 Å². The van der Waals surface area contributed by atoms with Gasteiger partial charge in [0.1, 0.15) is 0 Å². The second-order valence-corrected chi connectivity index (χ2v) is 7.49. The molecule has 0 radical (unpaired) electrons. The van der Waals surface area contributed by atoms with E-state index < -0.39 is 4.92 Å². The zero-order chi connectivity index (χ0) is 21.3. The Kier molecular flexibility index (Phi) is 5.33. The molecule has 2 aromatic carbocycles. The third kappa shape index (κ3) is 3.81. The number of non-ortho nitro benzene ring substituents is 1. The topological polar surface area (TPSA) is 82.3 Å². The van der Waals surface area contributed by atoms with Crippen LogP contribution in [0.5, 0.6) is 0 Å². The van der Waals surface area contributed by atoms with Crippen molar-refractivity contribution in [2.45, 2.75) is 6.92 Å². The molecule has 0 atom stereocenters. The molecule has 0 saturated carbocycles. The van der Waals surface area contributed by atoms with E-state index in [1.807, 2.05) is 30.3 Å². The van der Waals surface area contributed by atoms with Crippen LogP contribution in [0.1, 0.15) is 12.5 Å². The number of nitro groups is 1. The van der Waals surface area contributed by atoms with E-state index in [4.69, 9.17) is 0 Å². The highest BCUT2D eigenvalue weighted by atomic mass is 16.6. The predicted octanol–water partition coefficient (Wildman–Crippen LogP) is 3.15. The van der Waals surface area contributed by atoms with Gasteiger partial charge in [-0.3, -0.25) is 14.9 Å². The molecule has 1 amide bonds. The fourth-order valence-corrected chi connectivity index (χ4v) is 3.69. The Morgan fingerprint density at radius 2 is 1.77 bits per heavy atom. The van der Waals surface area contributed by atoms with Crippen molar-refractivity contribution in [3.63, 3.8) is 0 Å². The van der Waals surface area contributed by atoms with Gasteiger partial charge in [-0.2, -0.15) is 10.1 Å². The Labute approximate surface area is 174 Å². The first kappa shape index (κ1) is 19.8. The summed E-state index contributed by atoms with van der Waals surface area (Å²) in [6.45, 7) is 5.24. The van der Waals surface area contributed by atoms with Crippen LogP contribution in [0.4, 0.5) is 17.1 Å². The summed E-state index contributed by atoms with van der Waals surface area (Å²) in [4.78, 5) is 28.4. The Balaban J connectivity index is 1.73. The van der Waals surface area contributed by atoms with Gasteiger partial charge in [-0.25, -0.2) is 0 Å². The molecule has 2 aliphatic rings. The summed E-state index contributed by atoms with van der Waals surface area (Å²) in [6.07, 6.45) is 1.73. The minimum Gasteiger partial charge on any atom is -0.368 e. The van der Waals surface area contributed by atoms with Crippen LogP contribution in [0.15, 0.2) is 59.2 Å². The standard InChI is InChI=1S/C22H23N5O3/c1-16-20(22(28)26(23-16)18-6-4-3-5-7-18)15-17-14-19(27(29)30)8-9-21(17)25-12-10-24(2)11-13-25/h3-9,14-15H,10-13H2,1-2H3/b20-15-. The summed E-state index contributed by atoms with van der Waals surface area (Å²) in [5.41, 5.74) is 3.25. The van der Waals surface area contributed by atoms with Crippen LogP contribution < -0.4 is 9.91 Å². The molecule has 2 aliphatic heterocycles. The number of hydrogen-bond donors (Lipinski definition) is 0. The molecule has 0 spiro atoms. The Bertz CT molecular complexity index is 1040. The number of amides is 1. The minimum absolute atomic E-state index is 0.000296. The number of benzene rings is 2. The lowest BCUT2D eigenvalue weighted by Gasteiger charge is -2.34. The average Bonchev–Trinajstić information content (AvgIpc) is 3.03. The molecule has 8 nitrogen and oxygen atoms in total. The number of para-hydroxylation sites is 1. The quantitative estimate of drug-likeness (QED) is 0.443. The van der Waals surface area contributed by atoms with Gasteiger partial charge in [0, 0.05) is 49.6 Å². The highest BCUT2D eigenvalue weighted by Gasteiger charge is 2.29. The normalized spacial score (nSPS) is 18.8. The van der Waals surface area contributed by atoms with Crippen molar-refractivity contribution in [1.82, 2.24) is 4.90 Å². The Hall–Kier alpha value is -3.52. The summed E-state index contributed by atoms with van der Waals surface area (Å²) in [5.74, 6) is -0.241. The Morgan fingerprint density at radius 1 is 1.07 bits per heavy atom. The molecule has 0 aliphatic carbocycles. The van der Waals surface area contributed by atoms with Crippen molar-refractivity contribution in [2.75, 3.05) is 43.1 Å². The van der Waals surface area contributed by atoms with Gasteiger partial charge >= 0.3 is 0 Å². The van der Waals surface area contributed by atoms with E-state index in [0.29, 0.717) is 22.5 Å². The smallest absolute Gasteiger partial charge is 0.280 e. The summed E-state index contributed by atoms with van der Waals surface area (Å²) >= 11 is 0. The fraction of sp³-hybridized carbons (Fsp3) is 0.273. The predicted molar refractivity (Wildman–Crippen MR) is 118 cm³/mol. The van der Waals surface area contributed by atoms with Crippen molar-refractivity contribution in [3.05, 3.63) is 69.8 Å². The molecular formula is C22H23N5O3. The van der Waals surface area contributed by atoms with Crippen LogP contribution in [0.25, 0.3) is 6.08 Å². The van der Waals surface area contributed by atoms with Crippen LogP contribution >= 0.6 is 0 Å². The largest absolute Gasteiger partial charge is 0.368 e. The van der Waals surface area contributed by atoms with Gasteiger partial charge in [0.25, 0.3) is 11.6 Å². The molecule has 2 heterocycles. The number of rotatable bonds is 4. The third-order valence-corrected chi connectivity index (χ3v) is 5.43. The molecule has 30 heavy (non-hydrogen) atoms. The summed E-state index contributed by atoms with van der Waals surface area (Å²) in [5, 5.41) is 17.1. The second kappa shape index (κ2) is 8.08. The number of nitro benzene ring substituents is 1. The minimum atomic E-state index is -0.413. The number of likely N-dealkylation sites (N-methyl/N-ethyl adjacent to an activating group) is 1. The highest BCUT2D eigenvalue weighted by molar-refractivity contribution is 6.32. The monoisotopic (exact) mass is 405 g/mol. The SMILES string of the molecule is CC1=NN(c2ccccc2)C(=O)/C1=C\c1cc([N+](=O)[O-])ccc1N1CCN(C)CC1. The number of anilines is 2. The lowest BCUT2D eigenvalue weighted by molar-refractivity contribution is -0.384. The average molecular weight is 405 g/mol. The van der Waals surface area contributed by atoms with Crippen LogP contribution in [0, 0.1) is 10.1 Å². The molecule has 0 unspecified atom stereocenters. The molecule has 1 fully saturated rings. The van der Waals surface area contributed by atoms with Gasteiger partial charge < -0.3 is 9.80 Å². The number of piperazine rings is 1. The van der Waals surface area contributed by atoms with E-state index in [0.717, 1.165) is 31.9 Å². The van der Waals surface area contributed by atoms with E-state index in [1.54, 1.807) is 19.1 Å². The third-order valence-electron chi connectivity index (χ3n) is 5.43. The number of hydrazone groups is 1. The van der Waals surface area contributed by atoms with Crippen molar-refractivity contribution in [3.8, 4) is 0 Å². The van der Waals surface area contributed by atoms with Crippen LogP contribution in [0.2, 0.25) is 0 Å². The molecule has 0 N–H and O–H groups in total. The van der Waals surface area contributed by atoms with Crippen molar-refractivity contribution < 1.29 is 9.72 Å². The van der Waals surface area contributed by atoms with Crippen LogP contribution in [-0.4, -0.2) is 54.7 Å². The van der Waals surface area contributed by atoms with Gasteiger partial charge in [-0.05, 0) is 38.2 Å². The second-order valence-electron chi connectivity index (χ2n) is 7.49.